The van der Waals surface area contributed by atoms with E-state index in [1.807, 2.05) is 69.2 Å². The molecule has 0 aromatic heterocycles. The number of hydrogen-bond acceptors (Lipinski definition) is 18. The summed E-state index contributed by atoms with van der Waals surface area (Å²) in [5, 5.41) is 31.3. The van der Waals surface area contributed by atoms with Gasteiger partial charge in [-0.3, -0.25) is 52.7 Å². The van der Waals surface area contributed by atoms with Gasteiger partial charge in [0.15, 0.2) is 6.10 Å². The first kappa shape index (κ1) is 91.4. The lowest BCUT2D eigenvalue weighted by molar-refractivity contribution is -0.157. The van der Waals surface area contributed by atoms with Crippen molar-refractivity contribution < 1.29 is 72.2 Å². The highest BCUT2D eigenvalue weighted by Crippen LogP contribution is 2.37. The largest absolute Gasteiger partial charge is 0.465 e. The van der Waals surface area contributed by atoms with Crippen LogP contribution in [0.15, 0.2) is 91.0 Å². The van der Waals surface area contributed by atoms with Gasteiger partial charge in [-0.2, -0.15) is 0 Å². The Hall–Kier alpha value is -8.03. The second-order valence-electron chi connectivity index (χ2n) is 29.9. The quantitative estimate of drug-likeness (QED) is 0.0285. The maximum absolute atomic E-state index is 15.3. The lowest BCUT2D eigenvalue weighted by Gasteiger charge is -2.36. The van der Waals surface area contributed by atoms with Gasteiger partial charge < -0.3 is 72.0 Å². The topological polar surface area (TPSA) is 361 Å². The lowest BCUT2D eigenvalue weighted by Crippen LogP contribution is -2.60. The minimum absolute atomic E-state index is 0.0163. The molecule has 9 N–H and O–H groups in total. The summed E-state index contributed by atoms with van der Waals surface area (Å²) in [6.07, 6.45) is -3.02. The maximum Gasteiger partial charge on any atom is 0.405 e. The Morgan fingerprint density at radius 2 is 0.953 bits per heavy atom. The minimum Gasteiger partial charge on any atom is -0.465 e. The predicted octanol–water partition coefficient (Wildman–Crippen LogP) is 6.31. The van der Waals surface area contributed by atoms with Crippen LogP contribution < -0.4 is 42.5 Å². The molecule has 1 aliphatic rings. The van der Waals surface area contributed by atoms with Gasteiger partial charge in [-0.05, 0) is 88.3 Å². The van der Waals surface area contributed by atoms with Gasteiger partial charge in [0.25, 0.3) is 5.91 Å². The van der Waals surface area contributed by atoms with Crippen LogP contribution in [0.2, 0.25) is 0 Å². The average Bonchev–Trinajstić information content (AvgIpc) is 0.830. The predicted molar refractivity (Wildman–Crippen MR) is 421 cm³/mol. The average molecular weight is 1560 g/mol. The van der Waals surface area contributed by atoms with Crippen molar-refractivity contribution in [1.29, 1.82) is 0 Å². The number of cyclic esters (lactones) is 1. The van der Waals surface area contributed by atoms with Gasteiger partial charge >= 0.3 is 12.1 Å². The molecular weight excluding hydrogens is 1450 g/mol. The Morgan fingerprint density at radius 1 is 0.486 bits per heavy atom. The first-order valence-corrected chi connectivity index (χ1v) is 40.8. The molecule has 0 saturated carbocycles. The van der Waals surface area contributed by atoms with Crippen LogP contribution in [0.5, 0.6) is 0 Å². The van der Waals surface area contributed by atoms with Gasteiger partial charge in [0, 0.05) is 69.2 Å². The Kier molecular flexibility index (Phi) is 37.4. The molecule has 3 aromatic carbocycles. The number of nitrogens with one attached hydrogen (secondary N) is 8. The van der Waals surface area contributed by atoms with E-state index < -0.39 is 150 Å². The summed E-state index contributed by atoms with van der Waals surface area (Å²) >= 11 is 0. The van der Waals surface area contributed by atoms with Gasteiger partial charge in [0.2, 0.25) is 59.1 Å². The van der Waals surface area contributed by atoms with Crippen LogP contribution >= 0.6 is 43.2 Å². The van der Waals surface area contributed by atoms with Crippen molar-refractivity contribution in [3.05, 3.63) is 108 Å². The molecule has 27 nitrogen and oxygen atoms in total. The fourth-order valence-corrected chi connectivity index (χ4v) is 16.1. The van der Waals surface area contributed by atoms with Crippen LogP contribution in [0.4, 0.5) is 4.79 Å². The third-order valence-electron chi connectivity index (χ3n) is 17.5. The van der Waals surface area contributed by atoms with E-state index in [1.54, 1.807) is 91.0 Å². The SMILES string of the molecule is CC(C)C[C@@H]1NC(=O)[C@H](CCCCNC(=O)[C@H](CSSC(C)(C)C)NC(=O)O)NC(=O)[C@H](Cc2ccccc2)NC(=O)[C@@H](CSSC(C)(C)C)OC(=O)[C@H](Cc2ccccc2)NC(=O)[C@H](C)NC(=O)[C@H](C)N(C)C(=O)[C@H](Cc2ccccc2)N(C)C(=O)[C@H](C)NC(=O)[C@H](CC(C)C)N(C)C(=O)[C@H](C)N(C)C1=O. The molecule has 3 aromatic rings. The van der Waals surface area contributed by atoms with E-state index in [2.05, 4.69) is 42.5 Å². The van der Waals surface area contributed by atoms with E-state index in [9.17, 15) is 48.3 Å². The lowest BCUT2D eigenvalue weighted by atomic mass is 9.99. The van der Waals surface area contributed by atoms with Gasteiger partial charge in [-0.1, -0.05) is 203 Å². The highest BCUT2D eigenvalue weighted by Gasteiger charge is 2.41. The Bertz CT molecular complexity index is 3480. The third kappa shape index (κ3) is 31.2. The van der Waals surface area contributed by atoms with E-state index >= 15 is 19.2 Å². The molecule has 12 amide bonds. The molecular formula is C76H114N12O15S4. The number of nitrogens with zero attached hydrogens (tertiary/aromatic N) is 4. The van der Waals surface area contributed by atoms with Crippen LogP contribution in [-0.4, -0.2) is 230 Å². The van der Waals surface area contributed by atoms with Crippen LogP contribution in [0, 0.1) is 11.8 Å². The first-order valence-electron chi connectivity index (χ1n) is 36.2. The number of amides is 12. The number of rotatable bonds is 23. The van der Waals surface area contributed by atoms with Crippen LogP contribution in [-0.2, 0) is 81.5 Å². The summed E-state index contributed by atoms with van der Waals surface area (Å²) in [5.41, 5.74) is 1.80. The number of carboxylic acid groups (broad SMARTS) is 1. The van der Waals surface area contributed by atoms with Crippen LogP contribution in [0.25, 0.3) is 0 Å². The highest BCUT2D eigenvalue weighted by molar-refractivity contribution is 8.77. The summed E-state index contributed by atoms with van der Waals surface area (Å²) in [6.45, 7) is 24.8. The molecule has 0 spiro atoms. The summed E-state index contributed by atoms with van der Waals surface area (Å²) < 4.78 is 5.58. The van der Waals surface area contributed by atoms with Crippen molar-refractivity contribution in [1.82, 2.24) is 62.1 Å². The molecule has 592 valence electrons. The van der Waals surface area contributed by atoms with Crippen molar-refractivity contribution in [3.63, 3.8) is 0 Å². The number of unbranched alkanes of at least 4 members (excludes halogenated alkanes) is 1. The molecule has 1 fully saturated rings. The van der Waals surface area contributed by atoms with Gasteiger partial charge in [-0.15, -0.1) is 0 Å². The molecule has 0 bridgehead atoms. The monoisotopic (exact) mass is 1560 g/mol. The van der Waals surface area contributed by atoms with Crippen molar-refractivity contribution >= 4 is 120 Å². The maximum atomic E-state index is 15.3. The van der Waals surface area contributed by atoms with Gasteiger partial charge in [0.05, 0.1) is 5.75 Å². The van der Waals surface area contributed by atoms with E-state index in [0.29, 0.717) is 16.7 Å². The van der Waals surface area contributed by atoms with Crippen LogP contribution in [0.1, 0.15) is 146 Å². The van der Waals surface area contributed by atoms with E-state index in [4.69, 9.17) is 4.74 Å². The van der Waals surface area contributed by atoms with E-state index in [-0.39, 0.29) is 90.7 Å². The fraction of sp³-hybridized carbons (Fsp3) is 0.592. The zero-order valence-corrected chi connectivity index (χ0v) is 68.4. The third-order valence-corrected chi connectivity index (χ3v) is 24.1. The molecule has 12 atom stereocenters. The number of benzene rings is 3. The standard InChI is InChI=1S/C76H114N12O15S4/c1-45(2)38-56-71(98)86(16)50(8)70(97)87(17)59(39-46(3)4)67(94)79-48(6)69(96)88(18)60(42-53-34-26-21-27-35-53)72(99)85(15)49(7)63(90)78-47(5)62(89)83-57(41-52-32-24-20-25-33-52)73(100)103-61(44-105-107-76(12,13)14)68(95)81-55(40-51-30-22-19-23-31-51)66(93)80-54(65(92)82-56)36-28-29-37-77-64(91)58(84-74(101)102)43-104-106-75(9,10)11/h19-27,30-35,45-50,54-61,84H,28-29,36-44H2,1-18H3,(H,77,91)(H,78,90)(H,79,94)(H,80,93)(H,81,95)(H,82,92)(H,83,89)(H,101,102)/t47-,48-,49-,50-,54-,55-,56-,57-,58-,59-,60-,61+/m0/s1. The molecule has 107 heavy (non-hydrogen) atoms. The first-order chi connectivity index (χ1) is 50.1. The Morgan fingerprint density at radius 3 is 1.49 bits per heavy atom. The van der Waals surface area contributed by atoms with Gasteiger partial charge in [0.1, 0.15) is 66.5 Å². The number of likely N-dealkylation sites (N-methyl/N-ethyl adjacent to an activating group) is 4. The second kappa shape index (κ2) is 43.8. The summed E-state index contributed by atoms with van der Waals surface area (Å²) in [4.78, 5) is 193. The molecule has 4 rings (SSSR count). The van der Waals surface area contributed by atoms with E-state index in [0.717, 1.165) is 9.80 Å². The zero-order chi connectivity index (χ0) is 80.2. The molecule has 1 aliphatic heterocycles. The zero-order valence-electron chi connectivity index (χ0n) is 65.1. The second-order valence-corrected chi connectivity index (χ2v) is 36.2. The Balaban J connectivity index is 1.91. The van der Waals surface area contributed by atoms with Crippen molar-refractivity contribution in [2.24, 2.45) is 11.8 Å². The molecule has 0 radical (unpaired) electrons. The molecule has 0 aliphatic carbocycles. The minimum atomic E-state index is -1.64. The number of hydrogen-bond donors (Lipinski definition) is 9. The smallest absolute Gasteiger partial charge is 0.405 e. The van der Waals surface area contributed by atoms with E-state index in [1.165, 1.54) is 109 Å². The molecule has 0 unspecified atom stereocenters. The number of ether oxygens (including phenoxy) is 1. The highest BCUT2D eigenvalue weighted by atomic mass is 33.1. The number of carbonyl (C=O) groups is 13. The van der Waals surface area contributed by atoms with Crippen molar-refractivity contribution in [2.75, 3.05) is 46.2 Å². The van der Waals surface area contributed by atoms with Crippen molar-refractivity contribution in [3.8, 4) is 0 Å². The summed E-state index contributed by atoms with van der Waals surface area (Å²) in [6, 6.07) is 11.6. The Labute approximate surface area is 646 Å². The van der Waals surface area contributed by atoms with Crippen molar-refractivity contribution in [2.45, 2.75) is 230 Å². The summed E-state index contributed by atoms with van der Waals surface area (Å²) in [7, 11) is 11.0. The number of esters is 1. The fourth-order valence-electron chi connectivity index (χ4n) is 11.2. The molecule has 31 heteroatoms. The molecule has 1 saturated heterocycles. The summed E-state index contributed by atoms with van der Waals surface area (Å²) in [5.74, 6) is -9.88. The van der Waals surface area contributed by atoms with Crippen LogP contribution in [0.3, 0.4) is 0 Å². The molecule has 1 heterocycles. The number of carbonyl (C=O) groups excluding carboxylic acids is 12. The normalized spacial score (nSPS) is 23.7. The van der Waals surface area contributed by atoms with Gasteiger partial charge in [-0.25, -0.2) is 9.59 Å².